The van der Waals surface area contributed by atoms with Crippen LogP contribution >= 0.6 is 0 Å². The Morgan fingerprint density at radius 3 is 2.62 bits per heavy atom. The fraction of sp³-hybridized carbons (Fsp3) is 0.458. The van der Waals surface area contributed by atoms with Crippen molar-refractivity contribution in [2.75, 3.05) is 6.54 Å². The first-order valence-electron chi connectivity index (χ1n) is 11.3. The zero-order valence-electron chi connectivity index (χ0n) is 18.3. The molecule has 6 rings (SSSR count). The zero-order valence-corrected chi connectivity index (χ0v) is 18.3. The number of hydrogen-bond donors (Lipinski definition) is 0. The van der Waals surface area contributed by atoms with Gasteiger partial charge in [0.1, 0.15) is 17.0 Å². The van der Waals surface area contributed by atoms with E-state index in [2.05, 4.69) is 25.8 Å². The molecule has 4 aromatic rings. The van der Waals surface area contributed by atoms with Crippen LogP contribution in [0.15, 0.2) is 43.2 Å². The van der Waals surface area contributed by atoms with Crippen molar-refractivity contribution < 1.29 is 0 Å². The van der Waals surface area contributed by atoms with Crippen molar-refractivity contribution in [1.29, 1.82) is 0 Å². The second-order valence-corrected chi connectivity index (χ2v) is 9.65. The van der Waals surface area contributed by atoms with E-state index in [1.807, 2.05) is 42.3 Å². The summed E-state index contributed by atoms with van der Waals surface area (Å²) in [6.07, 6.45) is 20.2. The van der Waals surface area contributed by atoms with Gasteiger partial charge in [-0.1, -0.05) is 19.3 Å². The van der Waals surface area contributed by atoms with Crippen LogP contribution in [0.25, 0.3) is 33.1 Å². The molecule has 162 valence electrons. The van der Waals surface area contributed by atoms with Gasteiger partial charge in [0.25, 0.3) is 0 Å². The van der Waals surface area contributed by atoms with E-state index in [1.165, 1.54) is 32.1 Å². The van der Waals surface area contributed by atoms with E-state index in [0.29, 0.717) is 12.0 Å². The summed E-state index contributed by atoms with van der Waals surface area (Å²) in [6.45, 7) is 8.07. The van der Waals surface area contributed by atoms with Gasteiger partial charge in [0.05, 0.1) is 23.7 Å². The first-order chi connectivity index (χ1) is 15.6. The van der Waals surface area contributed by atoms with Crippen LogP contribution < -0.4 is 0 Å². The molecular weight excluding hydrogens is 400 g/mol. The molecule has 2 saturated carbocycles. The minimum atomic E-state index is -0.188. The van der Waals surface area contributed by atoms with Crippen LogP contribution in [0, 0.1) is 12.0 Å². The van der Waals surface area contributed by atoms with Crippen LogP contribution in [-0.4, -0.2) is 40.5 Å². The highest BCUT2D eigenvalue weighted by atomic mass is 15.3. The maximum Gasteiger partial charge on any atom is 0.239 e. The van der Waals surface area contributed by atoms with E-state index < -0.39 is 0 Å². The Labute approximate surface area is 186 Å². The Hall–Kier alpha value is -3.47. The molecule has 0 aromatic carbocycles. The summed E-state index contributed by atoms with van der Waals surface area (Å²) in [4.78, 5) is 13.3. The van der Waals surface area contributed by atoms with E-state index >= 15 is 0 Å². The standard InChI is InChI=1S/C24H26N8/c1-25-17-24(15-23(16-24)6-4-3-5-7-23)32-14-19(12-28-32)22-29-20(18-11-27-30(2)13-18)10-21-26-8-9-31(21)22/h8-14H,3-7,15-17H2,2H3. The number of aromatic nitrogens is 7. The number of fused-ring (bicyclic) bond motifs is 1. The summed E-state index contributed by atoms with van der Waals surface area (Å²) in [6, 6.07) is 1.98. The molecule has 0 unspecified atom stereocenters. The van der Waals surface area contributed by atoms with Crippen LogP contribution in [0.1, 0.15) is 44.9 Å². The zero-order chi connectivity index (χ0) is 21.8. The molecule has 8 nitrogen and oxygen atoms in total. The molecule has 0 amide bonds. The smallest absolute Gasteiger partial charge is 0.239 e. The molecule has 2 aliphatic carbocycles. The molecule has 2 fully saturated rings. The van der Waals surface area contributed by atoms with Gasteiger partial charge in [-0.3, -0.25) is 13.8 Å². The highest BCUT2D eigenvalue weighted by molar-refractivity contribution is 5.68. The second kappa shape index (κ2) is 7.02. The van der Waals surface area contributed by atoms with Gasteiger partial charge in [-0.15, -0.1) is 0 Å². The van der Waals surface area contributed by atoms with Crippen molar-refractivity contribution in [3.63, 3.8) is 0 Å². The van der Waals surface area contributed by atoms with E-state index in [-0.39, 0.29) is 5.54 Å². The fourth-order valence-corrected chi connectivity index (χ4v) is 6.02. The molecule has 0 aliphatic heterocycles. The monoisotopic (exact) mass is 426 g/mol. The summed E-state index contributed by atoms with van der Waals surface area (Å²) < 4.78 is 5.82. The normalized spacial score (nSPS) is 19.1. The minimum Gasteiger partial charge on any atom is -0.314 e. The first-order valence-corrected chi connectivity index (χ1v) is 11.3. The lowest BCUT2D eigenvalue weighted by molar-refractivity contribution is -0.0524. The van der Waals surface area contributed by atoms with Gasteiger partial charge < -0.3 is 4.85 Å². The molecule has 0 N–H and O–H groups in total. The lowest BCUT2D eigenvalue weighted by Gasteiger charge is -2.55. The maximum absolute atomic E-state index is 7.58. The first kappa shape index (κ1) is 19.2. The summed E-state index contributed by atoms with van der Waals surface area (Å²) in [5, 5.41) is 9.05. The summed E-state index contributed by atoms with van der Waals surface area (Å²) >= 11 is 0. The lowest BCUT2D eigenvalue weighted by Crippen LogP contribution is -2.56. The Kier molecular flexibility index (Phi) is 4.22. The van der Waals surface area contributed by atoms with E-state index in [4.69, 9.17) is 16.7 Å². The third kappa shape index (κ3) is 2.95. The van der Waals surface area contributed by atoms with Gasteiger partial charge in [0.2, 0.25) is 6.54 Å². The number of rotatable bonds is 4. The average molecular weight is 427 g/mol. The highest BCUT2D eigenvalue weighted by Gasteiger charge is 2.58. The third-order valence-electron chi connectivity index (χ3n) is 7.41. The molecule has 0 atom stereocenters. The number of nitrogens with zero attached hydrogens (tertiary/aromatic N) is 8. The number of aryl methyl sites for hydroxylation is 1. The van der Waals surface area contributed by atoms with Gasteiger partial charge in [-0.25, -0.2) is 16.5 Å². The number of imidazole rings is 1. The second-order valence-electron chi connectivity index (χ2n) is 9.65. The Morgan fingerprint density at radius 2 is 1.88 bits per heavy atom. The molecule has 0 saturated heterocycles. The van der Waals surface area contributed by atoms with Crippen LogP contribution in [0.3, 0.4) is 0 Å². The SMILES string of the molecule is [C-]#[N+]CC1(n2cc(-c3nc(-c4cnn(C)c4)cc4nccn34)cn2)CC2(CCCCC2)C1. The molecule has 0 radical (unpaired) electrons. The summed E-state index contributed by atoms with van der Waals surface area (Å²) in [7, 11) is 1.90. The molecular formula is C24H26N8. The molecule has 32 heavy (non-hydrogen) atoms. The number of hydrogen-bond acceptors (Lipinski definition) is 4. The summed E-state index contributed by atoms with van der Waals surface area (Å²) in [5.74, 6) is 0.801. The van der Waals surface area contributed by atoms with Crippen LogP contribution in [0.4, 0.5) is 0 Å². The Morgan fingerprint density at radius 1 is 1.06 bits per heavy atom. The van der Waals surface area contributed by atoms with Gasteiger partial charge in [-0.2, -0.15) is 10.2 Å². The van der Waals surface area contributed by atoms with E-state index in [9.17, 15) is 0 Å². The minimum absolute atomic E-state index is 0.188. The van der Waals surface area contributed by atoms with Gasteiger partial charge in [0.15, 0.2) is 0 Å². The topological polar surface area (TPSA) is 70.2 Å². The van der Waals surface area contributed by atoms with Crippen molar-refractivity contribution >= 4 is 5.65 Å². The quantitative estimate of drug-likeness (QED) is 0.455. The van der Waals surface area contributed by atoms with Crippen LogP contribution in [0.5, 0.6) is 0 Å². The van der Waals surface area contributed by atoms with Crippen LogP contribution in [0.2, 0.25) is 0 Å². The fourth-order valence-electron chi connectivity index (χ4n) is 6.02. The largest absolute Gasteiger partial charge is 0.314 e. The molecule has 0 bridgehead atoms. The maximum atomic E-state index is 7.58. The summed E-state index contributed by atoms with van der Waals surface area (Å²) in [5.41, 5.74) is 3.79. The van der Waals surface area contributed by atoms with Crippen LogP contribution in [-0.2, 0) is 12.6 Å². The van der Waals surface area contributed by atoms with Gasteiger partial charge in [0, 0.05) is 43.5 Å². The Balaban J connectivity index is 1.39. The van der Waals surface area contributed by atoms with Crippen molar-refractivity contribution in [3.05, 3.63) is 54.7 Å². The lowest BCUT2D eigenvalue weighted by atomic mass is 9.52. The van der Waals surface area contributed by atoms with E-state index in [1.54, 1.807) is 10.9 Å². The third-order valence-corrected chi connectivity index (χ3v) is 7.41. The van der Waals surface area contributed by atoms with Gasteiger partial charge in [-0.05, 0) is 31.1 Å². The molecule has 1 spiro atoms. The predicted octanol–water partition coefficient (Wildman–Crippen LogP) is 4.35. The average Bonchev–Trinajstić information content (AvgIpc) is 3.53. The molecule has 4 heterocycles. The van der Waals surface area contributed by atoms with Crippen molar-refractivity contribution in [2.24, 2.45) is 12.5 Å². The van der Waals surface area contributed by atoms with E-state index in [0.717, 1.165) is 41.1 Å². The molecule has 2 aliphatic rings. The Bertz CT molecular complexity index is 1320. The highest BCUT2D eigenvalue weighted by Crippen LogP contribution is 2.60. The van der Waals surface area contributed by atoms with Crippen molar-refractivity contribution in [1.82, 2.24) is 33.9 Å². The van der Waals surface area contributed by atoms with Crippen molar-refractivity contribution in [3.8, 4) is 22.6 Å². The molecule has 8 heteroatoms. The van der Waals surface area contributed by atoms with Crippen molar-refractivity contribution in [2.45, 2.75) is 50.5 Å². The van der Waals surface area contributed by atoms with Gasteiger partial charge >= 0.3 is 0 Å². The predicted molar refractivity (Wildman–Crippen MR) is 121 cm³/mol. The molecule has 4 aromatic heterocycles.